The fraction of sp³-hybridized carbons (Fsp3) is 0.226. The van der Waals surface area contributed by atoms with Crippen LogP contribution in [0.2, 0.25) is 0 Å². The molecule has 0 saturated carbocycles. The lowest BCUT2D eigenvalue weighted by Gasteiger charge is -2.11. The normalized spacial score (nSPS) is 12.6. The third kappa shape index (κ3) is 6.98. The topological polar surface area (TPSA) is 92.9 Å². The Balaban J connectivity index is 1.46. The van der Waals surface area contributed by atoms with Gasteiger partial charge >= 0.3 is 5.97 Å². The number of fused-ring (bicyclic) bond motifs is 8. The Labute approximate surface area is 352 Å². The van der Waals surface area contributed by atoms with E-state index < -0.39 is 0 Å². The number of aryl methyl sites for hydroxylation is 3. The van der Waals surface area contributed by atoms with Gasteiger partial charge in [0.05, 0.1) is 46.5 Å². The van der Waals surface area contributed by atoms with Gasteiger partial charge in [0.25, 0.3) is 0 Å². The molecule has 0 saturated heterocycles. The van der Waals surface area contributed by atoms with Gasteiger partial charge in [-0.25, -0.2) is 14.8 Å². The standard InChI is InChI=1S/C53H52N4O3/c1-10-39-30(5)43-27-45-32(7)41(12-3)51(56-45)48(36-23-25-38(59-9)26-24-36)52-42(13-4)33(8)46(57-52)28-44-31(6)40(11-2)50(55-44)47(49(39)54-43)35-19-21-37(22-20-35)53(58)60-29-34-17-15-14-16-18-34/h12,14-28,55-56H,3,10-11,13,29H2,1-2,4-9H3. The number of aromatic amines is 2. The maximum absolute atomic E-state index is 13.3. The van der Waals surface area contributed by atoms with Crippen molar-refractivity contribution in [1.82, 2.24) is 19.9 Å². The van der Waals surface area contributed by atoms with Gasteiger partial charge in [-0.05, 0) is 139 Å². The van der Waals surface area contributed by atoms with E-state index in [2.05, 4.69) is 89.3 Å². The molecule has 6 aromatic rings. The van der Waals surface area contributed by atoms with E-state index in [-0.39, 0.29) is 12.6 Å². The molecule has 2 aliphatic rings. The van der Waals surface area contributed by atoms with Crippen LogP contribution in [0.4, 0.5) is 0 Å². The number of carbonyl (C=O) groups is 1. The van der Waals surface area contributed by atoms with Crippen LogP contribution in [0.15, 0.2) is 97.6 Å². The number of nitrogens with zero attached hydrogens (tertiary/aromatic N) is 2. The number of carbonyl (C=O) groups excluding carboxylic acids is 1. The molecule has 0 fully saturated rings. The molecule has 8 rings (SSSR count). The summed E-state index contributed by atoms with van der Waals surface area (Å²) >= 11 is 0. The second-order valence-corrected chi connectivity index (χ2v) is 15.5. The van der Waals surface area contributed by atoms with E-state index in [0.717, 1.165) is 120 Å². The smallest absolute Gasteiger partial charge is 0.338 e. The predicted molar refractivity (Wildman–Crippen MR) is 248 cm³/mol. The number of ether oxygens (including phenoxy) is 2. The first kappa shape index (κ1) is 40.1. The first-order valence-corrected chi connectivity index (χ1v) is 20.9. The summed E-state index contributed by atoms with van der Waals surface area (Å²) in [6.45, 7) is 19.8. The van der Waals surface area contributed by atoms with Crippen molar-refractivity contribution in [3.05, 3.63) is 154 Å². The molecule has 2 N–H and O–H groups in total. The minimum atomic E-state index is -0.362. The maximum Gasteiger partial charge on any atom is 0.338 e. The molecule has 0 radical (unpaired) electrons. The average Bonchev–Trinajstić information content (AvgIpc) is 3.96. The third-order valence-corrected chi connectivity index (χ3v) is 12.3. The molecule has 7 heteroatoms. The number of methoxy groups -OCH3 is 1. The first-order chi connectivity index (χ1) is 29.1. The zero-order chi connectivity index (χ0) is 42.2. The highest BCUT2D eigenvalue weighted by molar-refractivity contribution is 6.04. The summed E-state index contributed by atoms with van der Waals surface area (Å²) in [5.74, 6) is 0.432. The van der Waals surface area contributed by atoms with Crippen molar-refractivity contribution in [2.45, 2.75) is 74.3 Å². The van der Waals surface area contributed by atoms with E-state index in [4.69, 9.17) is 19.4 Å². The summed E-state index contributed by atoms with van der Waals surface area (Å²) in [7, 11) is 1.69. The molecule has 3 aromatic carbocycles. The second-order valence-electron chi connectivity index (χ2n) is 15.5. The molecular formula is C53H52N4O3. The number of hydrogen-bond donors (Lipinski definition) is 2. The molecule has 7 nitrogen and oxygen atoms in total. The van der Waals surface area contributed by atoms with Crippen LogP contribution in [-0.4, -0.2) is 33.0 Å². The van der Waals surface area contributed by atoms with Crippen LogP contribution in [0.25, 0.3) is 72.7 Å². The van der Waals surface area contributed by atoms with E-state index in [1.54, 1.807) is 7.11 Å². The number of allylic oxidation sites excluding steroid dienone is 4. The van der Waals surface area contributed by atoms with Gasteiger partial charge < -0.3 is 19.4 Å². The highest BCUT2D eigenvalue weighted by Gasteiger charge is 2.26. The van der Waals surface area contributed by atoms with Gasteiger partial charge in [0.1, 0.15) is 12.4 Å². The maximum atomic E-state index is 13.3. The largest absolute Gasteiger partial charge is 0.497 e. The SMILES string of the molecule is C=Cc1c(C)c2cc3nc(c(-c4ccc(C(=O)OCc5ccccc5)cc4)c4[nH]c(cc5nc(c(-c6ccc(OC)cc6)c1[nH]2)C(CC)=C5C)c(C)c4CC)C(CC)=C3C. The van der Waals surface area contributed by atoms with Crippen molar-refractivity contribution in [3.8, 4) is 28.0 Å². The Morgan fingerprint density at radius 1 is 0.683 bits per heavy atom. The lowest BCUT2D eigenvalue weighted by molar-refractivity contribution is 0.0472. The zero-order valence-corrected chi connectivity index (χ0v) is 35.9. The summed E-state index contributed by atoms with van der Waals surface area (Å²) in [4.78, 5) is 32.0. The second kappa shape index (κ2) is 16.5. The Kier molecular flexibility index (Phi) is 11.0. The van der Waals surface area contributed by atoms with E-state index in [1.165, 1.54) is 22.3 Å². The van der Waals surface area contributed by atoms with Gasteiger partial charge in [-0.15, -0.1) is 0 Å². The van der Waals surface area contributed by atoms with Crippen molar-refractivity contribution >= 4 is 56.4 Å². The minimum Gasteiger partial charge on any atom is -0.497 e. The summed E-state index contributed by atoms with van der Waals surface area (Å²) in [5, 5.41) is 0. The molecule has 0 amide bonds. The number of rotatable bonds is 10. The van der Waals surface area contributed by atoms with Crippen molar-refractivity contribution in [1.29, 1.82) is 0 Å². The molecule has 2 aliphatic heterocycles. The van der Waals surface area contributed by atoms with Gasteiger partial charge in [0.15, 0.2) is 0 Å². The number of hydrogen-bond acceptors (Lipinski definition) is 5. The zero-order valence-electron chi connectivity index (χ0n) is 35.9. The monoisotopic (exact) mass is 792 g/mol. The third-order valence-electron chi connectivity index (χ3n) is 12.3. The molecule has 0 aliphatic carbocycles. The van der Waals surface area contributed by atoms with Crippen molar-refractivity contribution in [2.24, 2.45) is 0 Å². The van der Waals surface area contributed by atoms with E-state index in [0.29, 0.717) is 5.56 Å². The highest BCUT2D eigenvalue weighted by atomic mass is 16.5. The Bertz CT molecular complexity index is 2910. The molecular weight excluding hydrogens is 741 g/mol. The van der Waals surface area contributed by atoms with Crippen LogP contribution in [0.3, 0.4) is 0 Å². The molecule has 3 aromatic heterocycles. The van der Waals surface area contributed by atoms with Gasteiger partial charge in [-0.2, -0.15) is 0 Å². The molecule has 0 atom stereocenters. The number of esters is 1. The van der Waals surface area contributed by atoms with Crippen molar-refractivity contribution in [2.75, 3.05) is 7.11 Å². The van der Waals surface area contributed by atoms with E-state index in [1.807, 2.05) is 72.8 Å². The summed E-state index contributed by atoms with van der Waals surface area (Å²) in [5.41, 5.74) is 22.2. The fourth-order valence-electron chi connectivity index (χ4n) is 8.86. The first-order valence-electron chi connectivity index (χ1n) is 20.9. The van der Waals surface area contributed by atoms with E-state index in [9.17, 15) is 4.79 Å². The Hall–Kier alpha value is -6.73. The van der Waals surface area contributed by atoms with Gasteiger partial charge in [0.2, 0.25) is 0 Å². The number of H-pyrrole nitrogens is 2. The van der Waals surface area contributed by atoms with Crippen LogP contribution in [0.1, 0.15) is 108 Å². The van der Waals surface area contributed by atoms with Crippen LogP contribution in [-0.2, 0) is 17.8 Å². The van der Waals surface area contributed by atoms with Gasteiger partial charge in [-0.3, -0.25) is 0 Å². The Morgan fingerprint density at radius 3 is 1.75 bits per heavy atom. The lowest BCUT2D eigenvalue weighted by Crippen LogP contribution is -2.05. The quantitative estimate of drug-likeness (QED) is 0.135. The van der Waals surface area contributed by atoms with Gasteiger partial charge in [0, 0.05) is 27.7 Å². The van der Waals surface area contributed by atoms with E-state index >= 15 is 0 Å². The van der Waals surface area contributed by atoms with Gasteiger partial charge in [-0.1, -0.05) is 88.0 Å². The number of aromatic nitrogens is 4. The lowest BCUT2D eigenvalue weighted by atomic mass is 9.94. The molecule has 302 valence electrons. The summed E-state index contributed by atoms with van der Waals surface area (Å²) in [6, 6.07) is 30.1. The Morgan fingerprint density at radius 2 is 1.22 bits per heavy atom. The van der Waals surface area contributed by atoms with Crippen molar-refractivity contribution in [3.63, 3.8) is 0 Å². The molecule has 5 heterocycles. The summed E-state index contributed by atoms with van der Waals surface area (Å²) in [6.07, 6.45) is 4.35. The van der Waals surface area contributed by atoms with Crippen LogP contribution in [0, 0.1) is 13.8 Å². The fourth-order valence-corrected chi connectivity index (χ4v) is 8.86. The van der Waals surface area contributed by atoms with Crippen LogP contribution >= 0.6 is 0 Å². The molecule has 0 unspecified atom stereocenters. The van der Waals surface area contributed by atoms with Crippen LogP contribution in [0.5, 0.6) is 5.75 Å². The average molecular weight is 793 g/mol. The molecule has 0 spiro atoms. The number of nitrogens with one attached hydrogen (secondary N) is 2. The van der Waals surface area contributed by atoms with Crippen molar-refractivity contribution < 1.29 is 14.3 Å². The highest BCUT2D eigenvalue weighted by Crippen LogP contribution is 2.44. The minimum absolute atomic E-state index is 0.214. The predicted octanol–water partition coefficient (Wildman–Crippen LogP) is 13.5. The van der Waals surface area contributed by atoms with Crippen LogP contribution < -0.4 is 4.74 Å². The summed E-state index contributed by atoms with van der Waals surface area (Å²) < 4.78 is 11.3. The molecule has 60 heavy (non-hydrogen) atoms. The number of benzene rings is 3. The molecule has 8 bridgehead atoms.